The lowest BCUT2D eigenvalue weighted by Crippen LogP contribution is -2.26. The molecule has 0 spiro atoms. The molecule has 0 aliphatic carbocycles. The Morgan fingerprint density at radius 1 is 1.33 bits per heavy atom. The van der Waals surface area contributed by atoms with Gasteiger partial charge < -0.3 is 9.84 Å². The van der Waals surface area contributed by atoms with Gasteiger partial charge in [-0.1, -0.05) is 23.2 Å². The van der Waals surface area contributed by atoms with Crippen LogP contribution in [-0.2, 0) is 0 Å². The molecule has 1 N–H and O–H groups in total. The molecule has 0 bridgehead atoms. The molecule has 2 aromatic heterocycles. The molecule has 3 heterocycles. The highest BCUT2D eigenvalue weighted by atomic mass is 35.5. The van der Waals surface area contributed by atoms with Crippen molar-refractivity contribution < 1.29 is 4.52 Å². The van der Waals surface area contributed by atoms with Crippen molar-refractivity contribution in [3.8, 4) is 11.5 Å². The Morgan fingerprint density at radius 3 is 3.00 bits per heavy atom. The standard InChI is InChI=1S/C12H13ClN4O/c13-8-4-5-9(15-7-8)11-16-12(18-17-11)10-3-1-2-6-14-10/h4-5,7,10,14H,1-3,6H2/t10-/m0/s1. The number of rotatable bonds is 2. The van der Waals surface area contributed by atoms with E-state index in [0.29, 0.717) is 22.4 Å². The molecule has 0 radical (unpaired) electrons. The highest BCUT2D eigenvalue weighted by Crippen LogP contribution is 2.23. The van der Waals surface area contributed by atoms with Gasteiger partial charge in [-0.15, -0.1) is 0 Å². The highest BCUT2D eigenvalue weighted by molar-refractivity contribution is 6.30. The van der Waals surface area contributed by atoms with E-state index in [-0.39, 0.29) is 6.04 Å². The molecule has 18 heavy (non-hydrogen) atoms. The molecule has 0 amide bonds. The van der Waals surface area contributed by atoms with Gasteiger partial charge in [-0.25, -0.2) is 0 Å². The zero-order valence-corrected chi connectivity index (χ0v) is 10.5. The van der Waals surface area contributed by atoms with Gasteiger partial charge in [-0.05, 0) is 31.5 Å². The average molecular weight is 265 g/mol. The predicted molar refractivity (Wildman–Crippen MR) is 67.1 cm³/mol. The summed E-state index contributed by atoms with van der Waals surface area (Å²) in [6.45, 7) is 1.00. The third kappa shape index (κ3) is 2.37. The summed E-state index contributed by atoms with van der Waals surface area (Å²) in [6, 6.07) is 3.72. The van der Waals surface area contributed by atoms with Gasteiger partial charge in [-0.3, -0.25) is 4.98 Å². The molecule has 3 rings (SSSR count). The Morgan fingerprint density at radius 2 is 2.28 bits per heavy atom. The minimum atomic E-state index is 0.173. The zero-order chi connectivity index (χ0) is 12.4. The largest absolute Gasteiger partial charge is 0.337 e. The predicted octanol–water partition coefficient (Wildman–Crippen LogP) is 2.60. The zero-order valence-electron chi connectivity index (χ0n) is 9.77. The Hall–Kier alpha value is -1.46. The molecule has 1 aliphatic rings. The molecule has 5 nitrogen and oxygen atoms in total. The van der Waals surface area contributed by atoms with E-state index < -0.39 is 0 Å². The Kier molecular flexibility index (Phi) is 3.25. The third-order valence-electron chi connectivity index (χ3n) is 3.01. The van der Waals surface area contributed by atoms with E-state index in [1.807, 2.05) is 0 Å². The maximum atomic E-state index is 5.79. The van der Waals surface area contributed by atoms with E-state index >= 15 is 0 Å². The summed E-state index contributed by atoms with van der Waals surface area (Å²) in [5.74, 6) is 1.15. The summed E-state index contributed by atoms with van der Waals surface area (Å²) >= 11 is 5.79. The first-order valence-electron chi connectivity index (χ1n) is 6.02. The summed E-state index contributed by atoms with van der Waals surface area (Å²) in [7, 11) is 0. The van der Waals surface area contributed by atoms with E-state index in [1.165, 1.54) is 12.8 Å². The van der Waals surface area contributed by atoms with Gasteiger partial charge in [0.15, 0.2) is 0 Å². The second-order valence-corrected chi connectivity index (χ2v) is 4.76. The second kappa shape index (κ2) is 5.04. The van der Waals surface area contributed by atoms with Gasteiger partial charge in [0.1, 0.15) is 5.69 Å². The van der Waals surface area contributed by atoms with Crippen LogP contribution >= 0.6 is 11.6 Å². The Balaban J connectivity index is 1.82. The summed E-state index contributed by atoms with van der Waals surface area (Å²) in [4.78, 5) is 8.56. The van der Waals surface area contributed by atoms with Crippen molar-refractivity contribution in [1.82, 2.24) is 20.4 Å². The fourth-order valence-corrected chi connectivity index (χ4v) is 2.16. The molecule has 0 saturated carbocycles. The van der Waals surface area contributed by atoms with Crippen molar-refractivity contribution in [3.05, 3.63) is 29.2 Å². The van der Waals surface area contributed by atoms with Crippen LogP contribution in [0, 0.1) is 0 Å². The first-order chi connectivity index (χ1) is 8.83. The monoisotopic (exact) mass is 264 g/mol. The van der Waals surface area contributed by atoms with Crippen LogP contribution in [0.25, 0.3) is 11.5 Å². The first kappa shape index (κ1) is 11.6. The number of piperidine rings is 1. The van der Waals surface area contributed by atoms with Crippen molar-refractivity contribution in [3.63, 3.8) is 0 Å². The number of nitrogens with zero attached hydrogens (tertiary/aromatic N) is 3. The quantitative estimate of drug-likeness (QED) is 0.903. The third-order valence-corrected chi connectivity index (χ3v) is 3.23. The van der Waals surface area contributed by atoms with Crippen LogP contribution in [0.2, 0.25) is 5.02 Å². The molecule has 94 valence electrons. The first-order valence-corrected chi connectivity index (χ1v) is 6.39. The molecular weight excluding hydrogens is 252 g/mol. The summed E-state index contributed by atoms with van der Waals surface area (Å²) in [5.41, 5.74) is 0.671. The smallest absolute Gasteiger partial charge is 0.244 e. The second-order valence-electron chi connectivity index (χ2n) is 4.32. The Labute approximate surface area is 110 Å². The van der Waals surface area contributed by atoms with Crippen LogP contribution in [-0.4, -0.2) is 21.7 Å². The normalized spacial score (nSPS) is 19.9. The fourth-order valence-electron chi connectivity index (χ4n) is 2.05. The van der Waals surface area contributed by atoms with Crippen LogP contribution in [0.15, 0.2) is 22.9 Å². The van der Waals surface area contributed by atoms with E-state index in [4.69, 9.17) is 16.1 Å². The molecule has 1 fully saturated rings. The number of aromatic nitrogens is 3. The maximum absolute atomic E-state index is 5.79. The van der Waals surface area contributed by atoms with Crippen molar-refractivity contribution in [2.75, 3.05) is 6.54 Å². The van der Waals surface area contributed by atoms with Crippen molar-refractivity contribution in [2.45, 2.75) is 25.3 Å². The van der Waals surface area contributed by atoms with Crippen molar-refractivity contribution >= 4 is 11.6 Å². The molecule has 1 aliphatic heterocycles. The number of hydrogen-bond acceptors (Lipinski definition) is 5. The molecule has 0 unspecified atom stereocenters. The molecular formula is C12H13ClN4O. The summed E-state index contributed by atoms with van der Waals surface area (Å²) in [5, 5.41) is 7.93. The lowest BCUT2D eigenvalue weighted by Gasteiger charge is -2.19. The lowest BCUT2D eigenvalue weighted by atomic mass is 10.1. The van der Waals surface area contributed by atoms with Gasteiger partial charge in [0.05, 0.1) is 11.1 Å². The van der Waals surface area contributed by atoms with Gasteiger partial charge in [0, 0.05) is 6.20 Å². The van der Waals surface area contributed by atoms with Crippen LogP contribution in [0.3, 0.4) is 0 Å². The van der Waals surface area contributed by atoms with Crippen LogP contribution < -0.4 is 5.32 Å². The molecule has 0 aromatic carbocycles. The van der Waals surface area contributed by atoms with E-state index in [1.54, 1.807) is 18.3 Å². The van der Waals surface area contributed by atoms with Gasteiger partial charge >= 0.3 is 0 Å². The van der Waals surface area contributed by atoms with Crippen LogP contribution in [0.5, 0.6) is 0 Å². The topological polar surface area (TPSA) is 63.8 Å². The Bertz CT molecular complexity index is 519. The number of nitrogens with one attached hydrogen (secondary N) is 1. The van der Waals surface area contributed by atoms with E-state index in [0.717, 1.165) is 13.0 Å². The minimum Gasteiger partial charge on any atom is -0.337 e. The van der Waals surface area contributed by atoms with Crippen molar-refractivity contribution in [2.24, 2.45) is 0 Å². The SMILES string of the molecule is Clc1ccc(-c2noc([C@@H]3CCCCN3)n2)nc1. The van der Waals surface area contributed by atoms with Crippen molar-refractivity contribution in [1.29, 1.82) is 0 Å². The number of pyridine rings is 1. The van der Waals surface area contributed by atoms with Crippen LogP contribution in [0.4, 0.5) is 0 Å². The number of halogens is 1. The lowest BCUT2D eigenvalue weighted by molar-refractivity contribution is 0.297. The molecule has 2 aromatic rings. The highest BCUT2D eigenvalue weighted by Gasteiger charge is 2.21. The van der Waals surface area contributed by atoms with Gasteiger partial charge in [0.2, 0.25) is 11.7 Å². The van der Waals surface area contributed by atoms with Gasteiger partial charge in [0.25, 0.3) is 0 Å². The summed E-state index contributed by atoms with van der Waals surface area (Å²) in [6.07, 6.45) is 5.01. The molecule has 6 heteroatoms. The molecule has 1 saturated heterocycles. The number of hydrogen-bond donors (Lipinski definition) is 1. The van der Waals surface area contributed by atoms with Gasteiger partial charge in [-0.2, -0.15) is 4.98 Å². The summed E-state index contributed by atoms with van der Waals surface area (Å²) < 4.78 is 5.29. The average Bonchev–Trinajstić information content (AvgIpc) is 2.90. The van der Waals surface area contributed by atoms with E-state index in [9.17, 15) is 0 Å². The molecule has 1 atom stereocenters. The van der Waals surface area contributed by atoms with Crippen LogP contribution in [0.1, 0.15) is 31.2 Å². The fraction of sp³-hybridized carbons (Fsp3) is 0.417. The van der Waals surface area contributed by atoms with E-state index in [2.05, 4.69) is 20.4 Å². The minimum absolute atomic E-state index is 0.173. The maximum Gasteiger partial charge on any atom is 0.244 e.